The van der Waals surface area contributed by atoms with Crippen LogP contribution in [0.2, 0.25) is 0 Å². The Morgan fingerprint density at radius 1 is 1.37 bits per heavy atom. The molecule has 0 fully saturated rings. The van der Waals surface area contributed by atoms with Crippen LogP contribution in [0.4, 0.5) is 4.79 Å². The van der Waals surface area contributed by atoms with Crippen molar-refractivity contribution >= 4 is 6.03 Å². The SMILES string of the molecule is CCOCc1ccccc1CNC(=O)N[C@@H](C)CO. The number of rotatable bonds is 7. The third-order valence-corrected chi connectivity index (χ3v) is 2.67. The summed E-state index contributed by atoms with van der Waals surface area (Å²) in [5.41, 5.74) is 2.10. The molecule has 1 rings (SSSR count). The molecule has 0 saturated heterocycles. The Labute approximate surface area is 114 Å². The minimum absolute atomic E-state index is 0.0751. The molecule has 1 aromatic carbocycles. The van der Waals surface area contributed by atoms with Gasteiger partial charge in [-0.05, 0) is 25.0 Å². The van der Waals surface area contributed by atoms with Crippen LogP contribution in [0.5, 0.6) is 0 Å². The number of carbonyl (C=O) groups excluding carboxylic acids is 1. The van der Waals surface area contributed by atoms with E-state index in [1.807, 2.05) is 31.2 Å². The summed E-state index contributed by atoms with van der Waals surface area (Å²) in [6, 6.07) is 7.30. The number of aliphatic hydroxyl groups is 1. The van der Waals surface area contributed by atoms with Crippen LogP contribution in [0.3, 0.4) is 0 Å². The molecule has 19 heavy (non-hydrogen) atoms. The van der Waals surface area contributed by atoms with Crippen molar-refractivity contribution in [1.82, 2.24) is 10.6 Å². The lowest BCUT2D eigenvalue weighted by Crippen LogP contribution is -2.42. The molecule has 0 bridgehead atoms. The quantitative estimate of drug-likeness (QED) is 0.698. The second-order valence-electron chi connectivity index (χ2n) is 4.32. The van der Waals surface area contributed by atoms with Crippen LogP contribution in [0, 0.1) is 0 Å². The van der Waals surface area contributed by atoms with Crippen LogP contribution in [0.15, 0.2) is 24.3 Å². The van der Waals surface area contributed by atoms with E-state index in [9.17, 15) is 4.79 Å². The maximum atomic E-state index is 11.5. The first-order chi connectivity index (χ1) is 9.17. The Bertz CT molecular complexity index is 396. The van der Waals surface area contributed by atoms with Crippen LogP contribution >= 0.6 is 0 Å². The molecule has 3 N–H and O–H groups in total. The molecule has 0 radical (unpaired) electrons. The van der Waals surface area contributed by atoms with Gasteiger partial charge in [0.2, 0.25) is 0 Å². The summed E-state index contributed by atoms with van der Waals surface area (Å²) in [7, 11) is 0. The largest absolute Gasteiger partial charge is 0.394 e. The maximum absolute atomic E-state index is 11.5. The van der Waals surface area contributed by atoms with Crippen LogP contribution in [0.1, 0.15) is 25.0 Å². The predicted octanol–water partition coefficient (Wildman–Crippen LogP) is 1.40. The smallest absolute Gasteiger partial charge is 0.315 e. The van der Waals surface area contributed by atoms with Crippen molar-refractivity contribution in [3.63, 3.8) is 0 Å². The molecule has 5 heteroatoms. The number of hydrogen-bond donors (Lipinski definition) is 3. The molecule has 0 spiro atoms. The van der Waals surface area contributed by atoms with Crippen molar-refractivity contribution in [2.45, 2.75) is 33.0 Å². The minimum atomic E-state index is -0.284. The molecule has 0 aliphatic heterocycles. The van der Waals surface area contributed by atoms with Gasteiger partial charge in [-0.25, -0.2) is 4.79 Å². The summed E-state index contributed by atoms with van der Waals surface area (Å²) in [5, 5.41) is 14.2. The fourth-order valence-corrected chi connectivity index (χ4v) is 1.58. The molecule has 5 nitrogen and oxygen atoms in total. The van der Waals surface area contributed by atoms with E-state index < -0.39 is 0 Å². The number of carbonyl (C=O) groups is 1. The van der Waals surface area contributed by atoms with Gasteiger partial charge < -0.3 is 20.5 Å². The molecular weight excluding hydrogens is 244 g/mol. The average Bonchev–Trinajstić information content (AvgIpc) is 2.43. The van der Waals surface area contributed by atoms with Gasteiger partial charge in [-0.3, -0.25) is 0 Å². The zero-order valence-corrected chi connectivity index (χ0v) is 11.5. The fraction of sp³-hybridized carbons (Fsp3) is 0.500. The number of benzene rings is 1. The standard InChI is InChI=1S/C14H22N2O3/c1-3-19-10-13-7-5-4-6-12(13)8-15-14(18)16-11(2)9-17/h4-7,11,17H,3,8-10H2,1-2H3,(H2,15,16,18)/t11-/m0/s1. The van der Waals surface area contributed by atoms with E-state index in [2.05, 4.69) is 10.6 Å². The first kappa shape index (κ1) is 15.5. The Morgan fingerprint density at radius 2 is 2.05 bits per heavy atom. The van der Waals surface area contributed by atoms with Gasteiger partial charge in [0, 0.05) is 13.2 Å². The van der Waals surface area contributed by atoms with E-state index in [0.717, 1.165) is 11.1 Å². The van der Waals surface area contributed by atoms with Crippen molar-refractivity contribution in [1.29, 1.82) is 0 Å². The highest BCUT2D eigenvalue weighted by Gasteiger charge is 2.07. The Morgan fingerprint density at radius 3 is 2.68 bits per heavy atom. The van der Waals surface area contributed by atoms with E-state index in [4.69, 9.17) is 9.84 Å². The topological polar surface area (TPSA) is 70.6 Å². The molecular formula is C14H22N2O3. The molecule has 1 aromatic rings. The lowest BCUT2D eigenvalue weighted by atomic mass is 10.1. The van der Waals surface area contributed by atoms with Crippen LogP contribution in [-0.2, 0) is 17.9 Å². The minimum Gasteiger partial charge on any atom is -0.394 e. The summed E-state index contributed by atoms with van der Waals surface area (Å²) in [6.45, 7) is 5.26. The summed E-state index contributed by atoms with van der Waals surface area (Å²) < 4.78 is 5.39. The highest BCUT2D eigenvalue weighted by molar-refractivity contribution is 5.74. The molecule has 0 saturated carbocycles. The fourth-order valence-electron chi connectivity index (χ4n) is 1.58. The number of urea groups is 1. The number of nitrogens with one attached hydrogen (secondary N) is 2. The van der Waals surface area contributed by atoms with Gasteiger partial charge in [0.25, 0.3) is 0 Å². The normalized spacial score (nSPS) is 11.9. The van der Waals surface area contributed by atoms with Crippen molar-refractivity contribution in [3.05, 3.63) is 35.4 Å². The van der Waals surface area contributed by atoms with Crippen molar-refractivity contribution < 1.29 is 14.6 Å². The second kappa shape index (κ2) is 8.50. The summed E-state index contributed by atoms with van der Waals surface area (Å²) in [6.07, 6.45) is 0. The summed E-state index contributed by atoms with van der Waals surface area (Å²) >= 11 is 0. The van der Waals surface area contributed by atoms with E-state index in [0.29, 0.717) is 19.8 Å². The van der Waals surface area contributed by atoms with Gasteiger partial charge in [0.05, 0.1) is 19.3 Å². The molecule has 0 aliphatic rings. The summed E-state index contributed by atoms with van der Waals surface area (Å²) in [5.74, 6) is 0. The van der Waals surface area contributed by atoms with Crippen LogP contribution < -0.4 is 10.6 Å². The van der Waals surface area contributed by atoms with Crippen LogP contribution in [0.25, 0.3) is 0 Å². The van der Waals surface area contributed by atoms with Crippen molar-refractivity contribution in [2.24, 2.45) is 0 Å². The van der Waals surface area contributed by atoms with Crippen LogP contribution in [-0.4, -0.2) is 30.4 Å². The Kier molecular flexibility index (Phi) is 6.92. The van der Waals surface area contributed by atoms with E-state index in [1.165, 1.54) is 0 Å². The third-order valence-electron chi connectivity index (χ3n) is 2.67. The van der Waals surface area contributed by atoms with E-state index in [-0.39, 0.29) is 18.7 Å². The second-order valence-corrected chi connectivity index (χ2v) is 4.32. The summed E-state index contributed by atoms with van der Waals surface area (Å²) in [4.78, 5) is 11.5. The van der Waals surface area contributed by atoms with E-state index in [1.54, 1.807) is 6.92 Å². The molecule has 0 aliphatic carbocycles. The molecule has 0 aromatic heterocycles. The highest BCUT2D eigenvalue weighted by Crippen LogP contribution is 2.09. The number of ether oxygens (including phenoxy) is 1. The van der Waals surface area contributed by atoms with Gasteiger partial charge in [-0.15, -0.1) is 0 Å². The number of amides is 2. The lowest BCUT2D eigenvalue weighted by Gasteiger charge is -2.14. The Hall–Kier alpha value is -1.59. The first-order valence-electron chi connectivity index (χ1n) is 6.47. The molecule has 2 amide bonds. The van der Waals surface area contributed by atoms with Gasteiger partial charge in [0.15, 0.2) is 0 Å². The zero-order valence-electron chi connectivity index (χ0n) is 11.5. The molecule has 106 valence electrons. The van der Waals surface area contributed by atoms with Crippen molar-refractivity contribution in [3.8, 4) is 0 Å². The van der Waals surface area contributed by atoms with Gasteiger partial charge in [-0.1, -0.05) is 24.3 Å². The van der Waals surface area contributed by atoms with Crippen molar-refractivity contribution in [2.75, 3.05) is 13.2 Å². The van der Waals surface area contributed by atoms with Gasteiger partial charge >= 0.3 is 6.03 Å². The average molecular weight is 266 g/mol. The third kappa shape index (κ3) is 5.72. The predicted molar refractivity (Wildman–Crippen MR) is 73.7 cm³/mol. The zero-order chi connectivity index (χ0) is 14.1. The monoisotopic (exact) mass is 266 g/mol. The molecule has 0 heterocycles. The highest BCUT2D eigenvalue weighted by atomic mass is 16.5. The lowest BCUT2D eigenvalue weighted by molar-refractivity contribution is 0.133. The number of hydrogen-bond acceptors (Lipinski definition) is 3. The molecule has 1 atom stereocenters. The first-order valence-corrected chi connectivity index (χ1v) is 6.47. The van der Waals surface area contributed by atoms with E-state index >= 15 is 0 Å². The number of aliphatic hydroxyl groups excluding tert-OH is 1. The molecule has 0 unspecified atom stereocenters. The van der Waals surface area contributed by atoms with Gasteiger partial charge in [-0.2, -0.15) is 0 Å². The Balaban J connectivity index is 2.50. The maximum Gasteiger partial charge on any atom is 0.315 e. The van der Waals surface area contributed by atoms with Gasteiger partial charge in [0.1, 0.15) is 0 Å².